The second-order valence-corrected chi connectivity index (χ2v) is 10.1. The first-order valence-corrected chi connectivity index (χ1v) is 12.7. The van der Waals surface area contributed by atoms with Crippen LogP contribution in [-0.4, -0.2) is 25.9 Å². The van der Waals surface area contributed by atoms with Crippen LogP contribution in [0.5, 0.6) is 0 Å². The molecule has 0 bridgehead atoms. The number of benzene rings is 2. The first kappa shape index (κ1) is 21.5. The average molecular weight is 452 g/mol. The minimum absolute atomic E-state index is 0.231. The number of para-hydroxylation sites is 2. The summed E-state index contributed by atoms with van der Waals surface area (Å²) in [7, 11) is 0. The number of nitrogens with one attached hydrogen (secondary N) is 1. The molecule has 0 radical (unpaired) electrons. The van der Waals surface area contributed by atoms with Crippen molar-refractivity contribution >= 4 is 11.0 Å². The van der Waals surface area contributed by atoms with E-state index in [1.807, 2.05) is 6.20 Å². The third kappa shape index (κ3) is 4.04. The van der Waals surface area contributed by atoms with E-state index >= 15 is 0 Å². The highest BCUT2D eigenvalue weighted by molar-refractivity contribution is 5.74. The van der Waals surface area contributed by atoms with Gasteiger partial charge < -0.3 is 10.7 Å². The van der Waals surface area contributed by atoms with E-state index < -0.39 is 0 Å². The molecule has 1 fully saturated rings. The summed E-state index contributed by atoms with van der Waals surface area (Å²) in [6, 6.07) is 24.1. The van der Waals surface area contributed by atoms with Gasteiger partial charge in [-0.2, -0.15) is 0 Å². The molecule has 1 saturated carbocycles. The van der Waals surface area contributed by atoms with Crippen molar-refractivity contribution in [3.8, 4) is 0 Å². The molecule has 5 heteroatoms. The van der Waals surface area contributed by atoms with Gasteiger partial charge in [-0.05, 0) is 74.3 Å². The van der Waals surface area contributed by atoms with Gasteiger partial charge in [0.05, 0.1) is 29.3 Å². The van der Waals surface area contributed by atoms with E-state index in [0.29, 0.717) is 12.1 Å². The van der Waals surface area contributed by atoms with Gasteiger partial charge in [0.2, 0.25) is 0 Å². The molecule has 2 aromatic carbocycles. The molecule has 6 rings (SSSR count). The van der Waals surface area contributed by atoms with Crippen LogP contribution in [0, 0.1) is 0 Å². The fraction of sp³-hybridized carbons (Fsp3) is 0.379. The predicted molar refractivity (Wildman–Crippen MR) is 136 cm³/mol. The molecular weight excluding hydrogens is 418 g/mol. The van der Waals surface area contributed by atoms with Crippen molar-refractivity contribution in [1.29, 1.82) is 0 Å². The Bertz CT molecular complexity index is 1220. The van der Waals surface area contributed by atoms with Crippen molar-refractivity contribution in [2.24, 2.45) is 5.73 Å². The average Bonchev–Trinajstić information content (AvgIpc) is 3.31. The van der Waals surface area contributed by atoms with Crippen LogP contribution < -0.4 is 5.73 Å². The van der Waals surface area contributed by atoms with Gasteiger partial charge in [0.15, 0.2) is 0 Å². The van der Waals surface area contributed by atoms with E-state index in [0.717, 1.165) is 61.9 Å². The number of fused-ring (bicyclic) bond motifs is 2. The maximum atomic E-state index is 6.95. The Labute approximate surface area is 201 Å². The Hall–Kier alpha value is -3.02. The molecule has 0 spiro atoms. The summed E-state index contributed by atoms with van der Waals surface area (Å²) >= 11 is 0. The molecule has 0 amide bonds. The zero-order valence-electron chi connectivity index (χ0n) is 19.7. The Balaban J connectivity index is 1.30. The molecule has 0 saturated heterocycles. The lowest BCUT2D eigenvalue weighted by Crippen LogP contribution is -2.48. The molecule has 34 heavy (non-hydrogen) atoms. The Morgan fingerprint density at radius 2 is 1.74 bits per heavy atom. The molecule has 5 nitrogen and oxygen atoms in total. The summed E-state index contributed by atoms with van der Waals surface area (Å²) in [6.45, 7) is 0.808. The molecule has 0 aliphatic heterocycles. The molecule has 2 aliphatic rings. The number of aromatic amines is 1. The second kappa shape index (κ2) is 8.97. The highest BCUT2D eigenvalue weighted by Gasteiger charge is 2.39. The fourth-order valence-electron chi connectivity index (χ4n) is 6.16. The number of hydrogen-bond acceptors (Lipinski definition) is 4. The van der Waals surface area contributed by atoms with E-state index in [-0.39, 0.29) is 5.54 Å². The zero-order chi connectivity index (χ0) is 23.0. The molecule has 2 aromatic heterocycles. The Morgan fingerprint density at radius 1 is 0.941 bits per heavy atom. The molecular formula is C29H33N5. The summed E-state index contributed by atoms with van der Waals surface area (Å²) in [6.07, 6.45) is 9.61. The number of nitrogens with zero attached hydrogens (tertiary/aromatic N) is 3. The van der Waals surface area contributed by atoms with E-state index in [1.54, 1.807) is 0 Å². The van der Waals surface area contributed by atoms with Crippen molar-refractivity contribution in [2.75, 3.05) is 0 Å². The van der Waals surface area contributed by atoms with Crippen molar-refractivity contribution in [2.45, 2.75) is 69.1 Å². The third-order valence-corrected chi connectivity index (χ3v) is 8.00. The monoisotopic (exact) mass is 451 g/mol. The van der Waals surface area contributed by atoms with Gasteiger partial charge in [0, 0.05) is 17.8 Å². The number of rotatable bonds is 5. The number of H-pyrrole nitrogens is 1. The molecule has 174 valence electrons. The van der Waals surface area contributed by atoms with Crippen LogP contribution in [0.1, 0.15) is 67.2 Å². The normalized spacial score (nSPS) is 24.9. The molecule has 2 aliphatic carbocycles. The maximum absolute atomic E-state index is 6.95. The first-order chi connectivity index (χ1) is 16.7. The van der Waals surface area contributed by atoms with E-state index in [4.69, 9.17) is 15.7 Å². The smallest absolute Gasteiger partial charge is 0.121 e. The van der Waals surface area contributed by atoms with Gasteiger partial charge in [0.25, 0.3) is 0 Å². The molecule has 2 heterocycles. The number of hydrogen-bond donors (Lipinski definition) is 2. The van der Waals surface area contributed by atoms with Crippen molar-refractivity contribution in [3.05, 3.63) is 95.6 Å². The maximum Gasteiger partial charge on any atom is 0.121 e. The van der Waals surface area contributed by atoms with Gasteiger partial charge in [-0.25, -0.2) is 4.98 Å². The summed E-state index contributed by atoms with van der Waals surface area (Å²) in [5, 5.41) is 0. The van der Waals surface area contributed by atoms with Crippen LogP contribution in [0.25, 0.3) is 11.0 Å². The van der Waals surface area contributed by atoms with E-state index in [2.05, 4.69) is 76.6 Å². The second-order valence-electron chi connectivity index (χ2n) is 10.1. The van der Waals surface area contributed by atoms with Crippen LogP contribution in [0.4, 0.5) is 0 Å². The predicted octanol–water partition coefficient (Wildman–Crippen LogP) is 5.63. The number of imidazole rings is 1. The third-order valence-electron chi connectivity index (χ3n) is 8.00. The minimum Gasteiger partial charge on any atom is -0.341 e. The lowest BCUT2D eigenvalue weighted by Gasteiger charge is -2.45. The molecule has 1 atom stereocenters. The Morgan fingerprint density at radius 3 is 2.56 bits per heavy atom. The molecule has 3 N–H and O–H groups in total. The fourth-order valence-corrected chi connectivity index (χ4v) is 6.16. The summed E-state index contributed by atoms with van der Waals surface area (Å²) in [4.78, 5) is 16.1. The zero-order valence-corrected chi connectivity index (χ0v) is 19.7. The van der Waals surface area contributed by atoms with Gasteiger partial charge in [-0.1, -0.05) is 48.5 Å². The van der Waals surface area contributed by atoms with Crippen LogP contribution in [0.2, 0.25) is 0 Å². The number of pyridine rings is 1. The lowest BCUT2D eigenvalue weighted by molar-refractivity contribution is 0.0623. The number of nitrogens with two attached hydrogens (primary N) is 1. The topological polar surface area (TPSA) is 70.8 Å². The standard InChI is InChI=1S/C29H33N5/c30-29(22-10-2-1-3-11-22)17-15-23(16-18-29)34(20-27-32-24-12-4-5-13-25(24)33-27)26-14-6-8-21-9-7-19-31-28(21)26/h1-5,7,9-13,19,23,26H,6,8,14-18,20,30H2,(H,32,33). The number of aryl methyl sites for hydroxylation is 1. The van der Waals surface area contributed by atoms with Crippen LogP contribution in [0.15, 0.2) is 72.9 Å². The van der Waals surface area contributed by atoms with E-state index in [1.165, 1.54) is 23.2 Å². The molecule has 4 aromatic rings. The largest absolute Gasteiger partial charge is 0.341 e. The minimum atomic E-state index is -0.231. The lowest BCUT2D eigenvalue weighted by atomic mass is 9.74. The van der Waals surface area contributed by atoms with Crippen LogP contribution >= 0.6 is 0 Å². The summed E-state index contributed by atoms with van der Waals surface area (Å²) in [5.41, 5.74) is 12.8. The summed E-state index contributed by atoms with van der Waals surface area (Å²) in [5.74, 6) is 1.04. The highest BCUT2D eigenvalue weighted by atomic mass is 15.2. The highest BCUT2D eigenvalue weighted by Crippen LogP contribution is 2.42. The molecule has 1 unspecified atom stereocenters. The van der Waals surface area contributed by atoms with Crippen LogP contribution in [0.3, 0.4) is 0 Å². The van der Waals surface area contributed by atoms with Crippen molar-refractivity contribution < 1.29 is 0 Å². The quantitative estimate of drug-likeness (QED) is 0.412. The van der Waals surface area contributed by atoms with Crippen molar-refractivity contribution in [1.82, 2.24) is 19.9 Å². The summed E-state index contributed by atoms with van der Waals surface area (Å²) < 4.78 is 0. The SMILES string of the molecule is NC1(c2ccccc2)CCC(N(Cc2nc3ccccc3[nH]2)C2CCCc3cccnc32)CC1. The van der Waals surface area contributed by atoms with Gasteiger partial charge in [-0.15, -0.1) is 0 Å². The Kier molecular flexibility index (Phi) is 5.67. The van der Waals surface area contributed by atoms with E-state index in [9.17, 15) is 0 Å². The van der Waals surface area contributed by atoms with Crippen molar-refractivity contribution in [3.63, 3.8) is 0 Å². The number of aromatic nitrogens is 3. The van der Waals surface area contributed by atoms with Crippen LogP contribution in [-0.2, 0) is 18.5 Å². The first-order valence-electron chi connectivity index (χ1n) is 12.7. The van der Waals surface area contributed by atoms with Gasteiger partial charge in [0.1, 0.15) is 5.82 Å². The van der Waals surface area contributed by atoms with Gasteiger partial charge >= 0.3 is 0 Å². The van der Waals surface area contributed by atoms with Gasteiger partial charge in [-0.3, -0.25) is 9.88 Å².